The molecule has 2 heterocycles. The molecule has 20 heavy (non-hydrogen) atoms. The molecule has 2 rings (SSSR count). The van der Waals surface area contributed by atoms with Gasteiger partial charge in [0.1, 0.15) is 6.54 Å². The Morgan fingerprint density at radius 2 is 2.30 bits per heavy atom. The highest BCUT2D eigenvalue weighted by molar-refractivity contribution is 7.13. The third-order valence-corrected chi connectivity index (χ3v) is 2.72. The second kappa shape index (κ2) is 6.61. The largest absolute Gasteiger partial charge is 0.450 e. The molecule has 0 aromatic carbocycles. The van der Waals surface area contributed by atoms with Crippen molar-refractivity contribution >= 4 is 34.3 Å². The van der Waals surface area contributed by atoms with Gasteiger partial charge in [0.15, 0.2) is 10.9 Å². The van der Waals surface area contributed by atoms with Gasteiger partial charge in [0.05, 0.1) is 12.8 Å². The third kappa shape index (κ3) is 4.02. The van der Waals surface area contributed by atoms with Gasteiger partial charge in [-0.1, -0.05) is 5.21 Å². The van der Waals surface area contributed by atoms with Crippen molar-refractivity contribution in [1.82, 2.24) is 20.0 Å². The zero-order chi connectivity index (χ0) is 14.4. The Balaban J connectivity index is 1.86. The first-order valence-corrected chi connectivity index (χ1v) is 6.58. The van der Waals surface area contributed by atoms with E-state index < -0.39 is 6.09 Å². The molecule has 0 spiro atoms. The highest BCUT2D eigenvalue weighted by Gasteiger charge is 2.09. The number of carbonyl (C=O) groups excluding carboxylic acids is 2. The summed E-state index contributed by atoms with van der Waals surface area (Å²) in [6.45, 7) is 1.92. The van der Waals surface area contributed by atoms with Crippen LogP contribution in [0, 0.1) is 0 Å². The Hall–Kier alpha value is -2.49. The number of ether oxygens (including phenoxy) is 1. The van der Waals surface area contributed by atoms with Gasteiger partial charge in [-0.15, -0.1) is 16.4 Å². The lowest BCUT2D eigenvalue weighted by atomic mass is 10.6. The van der Waals surface area contributed by atoms with E-state index >= 15 is 0 Å². The molecule has 0 atom stereocenters. The third-order valence-electron chi connectivity index (χ3n) is 2.03. The lowest BCUT2D eigenvalue weighted by Crippen LogP contribution is -2.19. The van der Waals surface area contributed by atoms with Gasteiger partial charge in [0.2, 0.25) is 5.91 Å². The molecule has 10 heteroatoms. The Bertz CT molecular complexity index is 582. The minimum atomic E-state index is -0.619. The number of aromatic nitrogens is 4. The monoisotopic (exact) mass is 296 g/mol. The second-order valence-corrected chi connectivity index (χ2v) is 4.43. The van der Waals surface area contributed by atoms with Gasteiger partial charge in [0.25, 0.3) is 0 Å². The van der Waals surface area contributed by atoms with Gasteiger partial charge in [0, 0.05) is 11.6 Å². The smallest absolute Gasteiger partial charge is 0.412 e. The van der Waals surface area contributed by atoms with E-state index in [1.165, 1.54) is 22.2 Å². The number of hydrogen-bond donors (Lipinski definition) is 2. The van der Waals surface area contributed by atoms with Crippen LogP contribution in [0.5, 0.6) is 0 Å². The number of carbonyl (C=O) groups is 2. The van der Waals surface area contributed by atoms with Crippen molar-refractivity contribution in [1.29, 1.82) is 0 Å². The topological polar surface area (TPSA) is 111 Å². The van der Waals surface area contributed by atoms with Crippen molar-refractivity contribution < 1.29 is 14.3 Å². The van der Waals surface area contributed by atoms with E-state index in [9.17, 15) is 9.59 Å². The Kier molecular flexibility index (Phi) is 4.60. The van der Waals surface area contributed by atoms with E-state index in [1.54, 1.807) is 18.5 Å². The number of rotatable bonds is 5. The fraction of sp³-hybridized carbons (Fsp3) is 0.300. The summed E-state index contributed by atoms with van der Waals surface area (Å²) in [5.41, 5.74) is 0. The first-order valence-electron chi connectivity index (χ1n) is 5.70. The fourth-order valence-corrected chi connectivity index (χ4v) is 1.84. The fourth-order valence-electron chi connectivity index (χ4n) is 1.30. The molecule has 2 aromatic rings. The number of nitrogens with one attached hydrogen (secondary N) is 2. The summed E-state index contributed by atoms with van der Waals surface area (Å²) in [5.74, 6) is -0.0713. The van der Waals surface area contributed by atoms with Crippen LogP contribution in [0.15, 0.2) is 17.8 Å². The summed E-state index contributed by atoms with van der Waals surface area (Å²) < 4.78 is 5.99. The Labute approximate surface area is 118 Å². The summed E-state index contributed by atoms with van der Waals surface area (Å²) in [6, 6.07) is 0. The molecule has 2 aromatic heterocycles. The molecule has 2 N–H and O–H groups in total. The molecule has 0 unspecified atom stereocenters. The first kappa shape index (κ1) is 13.9. The first-order chi connectivity index (χ1) is 9.67. The van der Waals surface area contributed by atoms with E-state index in [4.69, 9.17) is 4.74 Å². The quantitative estimate of drug-likeness (QED) is 0.849. The molecule has 106 valence electrons. The van der Waals surface area contributed by atoms with Crippen molar-refractivity contribution in [3.05, 3.63) is 17.8 Å². The molecule has 2 amide bonds. The summed E-state index contributed by atoms with van der Waals surface area (Å²) >= 11 is 1.32. The van der Waals surface area contributed by atoms with Gasteiger partial charge in [-0.25, -0.2) is 14.5 Å². The molecule has 0 saturated heterocycles. The van der Waals surface area contributed by atoms with Crippen molar-refractivity contribution in [2.45, 2.75) is 13.5 Å². The molecule has 0 radical (unpaired) electrons. The van der Waals surface area contributed by atoms with Gasteiger partial charge < -0.3 is 10.1 Å². The summed E-state index contributed by atoms with van der Waals surface area (Å²) in [4.78, 5) is 26.8. The molecule has 0 fully saturated rings. The Morgan fingerprint density at radius 1 is 1.45 bits per heavy atom. The number of amides is 2. The average molecular weight is 296 g/mol. The molecular weight excluding hydrogens is 284 g/mol. The predicted molar refractivity (Wildman–Crippen MR) is 71.4 cm³/mol. The van der Waals surface area contributed by atoms with Crippen molar-refractivity contribution in [2.24, 2.45) is 0 Å². The van der Waals surface area contributed by atoms with Crippen LogP contribution < -0.4 is 10.6 Å². The molecule has 0 aliphatic heterocycles. The SMILES string of the molecule is CCOC(=O)Nc1cn(CC(=O)Nc2nccs2)nn1. The van der Waals surface area contributed by atoms with Gasteiger partial charge in [-0.05, 0) is 6.92 Å². The van der Waals surface area contributed by atoms with E-state index in [-0.39, 0.29) is 24.9 Å². The van der Waals surface area contributed by atoms with E-state index in [0.29, 0.717) is 5.13 Å². The van der Waals surface area contributed by atoms with Gasteiger partial charge >= 0.3 is 6.09 Å². The second-order valence-electron chi connectivity index (χ2n) is 3.53. The van der Waals surface area contributed by atoms with E-state index in [0.717, 1.165) is 0 Å². The van der Waals surface area contributed by atoms with Crippen LogP contribution in [0.3, 0.4) is 0 Å². The molecule has 0 aliphatic carbocycles. The summed E-state index contributed by atoms with van der Waals surface area (Å²) in [6.07, 6.45) is 2.40. The highest BCUT2D eigenvalue weighted by Crippen LogP contribution is 2.10. The lowest BCUT2D eigenvalue weighted by molar-refractivity contribution is -0.116. The predicted octanol–water partition coefficient (Wildman–Crippen LogP) is 0.942. The zero-order valence-electron chi connectivity index (χ0n) is 10.6. The zero-order valence-corrected chi connectivity index (χ0v) is 11.4. The highest BCUT2D eigenvalue weighted by atomic mass is 32.1. The maximum absolute atomic E-state index is 11.7. The van der Waals surface area contributed by atoms with E-state index in [1.807, 2.05) is 0 Å². The maximum atomic E-state index is 11.7. The van der Waals surface area contributed by atoms with Crippen molar-refractivity contribution in [3.63, 3.8) is 0 Å². The minimum Gasteiger partial charge on any atom is -0.450 e. The van der Waals surface area contributed by atoms with Gasteiger partial charge in [-0.2, -0.15) is 0 Å². The normalized spacial score (nSPS) is 10.1. The lowest BCUT2D eigenvalue weighted by Gasteiger charge is -2.01. The van der Waals surface area contributed by atoms with Crippen molar-refractivity contribution in [2.75, 3.05) is 17.2 Å². The molecule has 9 nitrogen and oxygen atoms in total. The minimum absolute atomic E-state index is 0.0307. The number of anilines is 2. The van der Waals surface area contributed by atoms with Crippen LogP contribution in [-0.4, -0.2) is 38.6 Å². The van der Waals surface area contributed by atoms with Crippen LogP contribution in [-0.2, 0) is 16.1 Å². The van der Waals surface area contributed by atoms with E-state index in [2.05, 4.69) is 25.9 Å². The van der Waals surface area contributed by atoms with Crippen LogP contribution in [0.2, 0.25) is 0 Å². The number of thiazole rings is 1. The standard InChI is InChI=1S/C10H12N6O3S/c1-2-19-10(18)12-7-5-16(15-14-7)6-8(17)13-9-11-3-4-20-9/h3-5H,2,6H2,1H3,(H,12,18)(H,11,13,17). The maximum Gasteiger partial charge on any atom is 0.412 e. The summed E-state index contributed by atoms with van der Waals surface area (Å²) in [5, 5.41) is 14.7. The van der Waals surface area contributed by atoms with Crippen LogP contribution >= 0.6 is 11.3 Å². The van der Waals surface area contributed by atoms with Crippen molar-refractivity contribution in [3.8, 4) is 0 Å². The van der Waals surface area contributed by atoms with Gasteiger partial charge in [-0.3, -0.25) is 10.1 Å². The number of nitrogens with zero attached hydrogens (tertiary/aromatic N) is 4. The molecule has 0 saturated carbocycles. The average Bonchev–Trinajstić information content (AvgIpc) is 3.02. The summed E-state index contributed by atoms with van der Waals surface area (Å²) in [7, 11) is 0. The Morgan fingerprint density at radius 3 is 3.00 bits per heavy atom. The molecule has 0 aliphatic rings. The van der Waals surface area contributed by atoms with Crippen LogP contribution in [0.1, 0.15) is 6.92 Å². The van der Waals surface area contributed by atoms with Crippen LogP contribution in [0.4, 0.5) is 15.7 Å². The van der Waals surface area contributed by atoms with Crippen LogP contribution in [0.25, 0.3) is 0 Å². The number of hydrogen-bond acceptors (Lipinski definition) is 7. The molecular formula is C10H12N6O3S. The molecule has 0 bridgehead atoms.